The lowest BCUT2D eigenvalue weighted by Crippen LogP contribution is -2.27. The van der Waals surface area contributed by atoms with Crippen molar-refractivity contribution in [3.05, 3.63) is 65.2 Å². The van der Waals surface area contributed by atoms with Crippen LogP contribution in [0.2, 0.25) is 5.02 Å². The van der Waals surface area contributed by atoms with Gasteiger partial charge >= 0.3 is 0 Å². The first-order valence-electron chi connectivity index (χ1n) is 11.1. The van der Waals surface area contributed by atoms with Gasteiger partial charge in [-0.05, 0) is 61.9 Å². The largest absolute Gasteiger partial charge is 0.396 e. The van der Waals surface area contributed by atoms with Crippen molar-refractivity contribution in [3.8, 4) is 11.3 Å². The molecule has 0 saturated carbocycles. The Hall–Kier alpha value is -2.68. The number of fused-ring (bicyclic) bond motifs is 6. The van der Waals surface area contributed by atoms with E-state index in [0.29, 0.717) is 29.5 Å². The second-order valence-corrected chi connectivity index (χ2v) is 10.0. The number of nitrogens with zero attached hydrogens (tertiary/aromatic N) is 3. The zero-order valence-corrected chi connectivity index (χ0v) is 19.8. The Labute approximate surface area is 199 Å². The van der Waals surface area contributed by atoms with E-state index in [0.717, 1.165) is 43.4 Å². The lowest BCUT2D eigenvalue weighted by atomic mass is 9.99. The molecule has 7 nitrogen and oxygen atoms in total. The zero-order chi connectivity index (χ0) is 23.3. The Kier molecular flexibility index (Phi) is 7.47. The van der Waals surface area contributed by atoms with Gasteiger partial charge in [0, 0.05) is 25.3 Å². The molecule has 0 saturated heterocycles. The van der Waals surface area contributed by atoms with Crippen molar-refractivity contribution in [2.45, 2.75) is 37.1 Å². The van der Waals surface area contributed by atoms with E-state index >= 15 is 0 Å². The molecule has 2 N–H and O–H groups in total. The topological polar surface area (TPSA) is 95.4 Å². The molecule has 0 spiro atoms. The van der Waals surface area contributed by atoms with Gasteiger partial charge in [0.15, 0.2) is 5.03 Å². The number of pyridine rings is 2. The average Bonchev–Trinajstić information content (AvgIpc) is 2.82. The second kappa shape index (κ2) is 10.5. The highest BCUT2D eigenvalue weighted by molar-refractivity contribution is 7.92. The van der Waals surface area contributed by atoms with Crippen LogP contribution in [0.5, 0.6) is 0 Å². The Morgan fingerprint density at radius 2 is 1.85 bits per heavy atom. The average molecular weight is 487 g/mol. The predicted molar refractivity (Wildman–Crippen MR) is 131 cm³/mol. The molecule has 1 aromatic carbocycles. The van der Waals surface area contributed by atoms with Gasteiger partial charge < -0.3 is 10.0 Å². The molecular formula is C24H27ClN4O3S. The SMILES string of the molecule is O=S1(=O)Nc2ccc(Cl)c(n2)-c2ccccc2CCCCN(CCCCO)c2cccc1n2. The van der Waals surface area contributed by atoms with Gasteiger partial charge in [-0.3, -0.25) is 4.72 Å². The lowest BCUT2D eigenvalue weighted by Gasteiger charge is -2.24. The summed E-state index contributed by atoms with van der Waals surface area (Å²) < 4.78 is 28.8. The number of aliphatic hydroxyl groups is 1. The zero-order valence-electron chi connectivity index (χ0n) is 18.2. The Balaban J connectivity index is 1.76. The number of aryl methyl sites for hydroxylation is 1. The molecule has 3 heterocycles. The van der Waals surface area contributed by atoms with Crippen LogP contribution < -0.4 is 9.62 Å². The van der Waals surface area contributed by atoms with E-state index in [-0.39, 0.29) is 17.5 Å². The molecular weight excluding hydrogens is 460 g/mol. The number of halogens is 1. The summed E-state index contributed by atoms with van der Waals surface area (Å²) in [6.45, 7) is 1.56. The van der Waals surface area contributed by atoms with E-state index in [1.807, 2.05) is 24.3 Å². The minimum Gasteiger partial charge on any atom is -0.396 e. The fourth-order valence-corrected chi connectivity index (χ4v) is 5.12. The minimum absolute atomic E-state index is 0.0688. The number of aliphatic hydroxyl groups excluding tert-OH is 1. The molecule has 1 aliphatic heterocycles. The van der Waals surface area contributed by atoms with Crippen molar-refractivity contribution >= 4 is 33.3 Å². The Bertz CT molecular complexity index is 1220. The van der Waals surface area contributed by atoms with Gasteiger partial charge in [-0.25, -0.2) is 9.97 Å². The molecule has 4 bridgehead atoms. The van der Waals surface area contributed by atoms with Crippen LogP contribution in [0, 0.1) is 0 Å². The third-order valence-electron chi connectivity index (χ3n) is 5.63. The summed E-state index contributed by atoms with van der Waals surface area (Å²) in [6.07, 6.45) is 4.19. The van der Waals surface area contributed by atoms with Gasteiger partial charge in [0.25, 0.3) is 10.0 Å². The molecule has 174 valence electrons. The third-order valence-corrected chi connectivity index (χ3v) is 7.19. The highest BCUT2D eigenvalue weighted by Crippen LogP contribution is 2.31. The van der Waals surface area contributed by atoms with Gasteiger partial charge in [0.05, 0.1) is 10.7 Å². The third kappa shape index (κ3) is 5.63. The van der Waals surface area contributed by atoms with E-state index in [1.165, 1.54) is 6.07 Å². The van der Waals surface area contributed by atoms with Crippen molar-refractivity contribution in [2.24, 2.45) is 0 Å². The van der Waals surface area contributed by atoms with Gasteiger partial charge in [-0.15, -0.1) is 0 Å². The molecule has 3 aromatic rings. The van der Waals surface area contributed by atoms with Crippen LogP contribution in [-0.4, -0.2) is 43.2 Å². The lowest BCUT2D eigenvalue weighted by molar-refractivity contribution is 0.285. The number of aromatic nitrogens is 2. The summed E-state index contributed by atoms with van der Waals surface area (Å²) >= 11 is 6.46. The first-order valence-corrected chi connectivity index (χ1v) is 12.9. The molecule has 0 atom stereocenters. The monoisotopic (exact) mass is 486 g/mol. The van der Waals surface area contributed by atoms with Crippen LogP contribution in [-0.2, 0) is 16.4 Å². The molecule has 0 aliphatic carbocycles. The molecule has 0 unspecified atom stereocenters. The molecule has 1 aliphatic rings. The summed E-state index contributed by atoms with van der Waals surface area (Å²) in [5, 5.41) is 9.57. The maximum atomic E-state index is 13.1. The quantitative estimate of drug-likeness (QED) is 0.527. The van der Waals surface area contributed by atoms with E-state index in [1.54, 1.807) is 18.2 Å². The highest BCUT2D eigenvalue weighted by atomic mass is 35.5. The van der Waals surface area contributed by atoms with Crippen molar-refractivity contribution < 1.29 is 13.5 Å². The molecule has 33 heavy (non-hydrogen) atoms. The number of anilines is 2. The number of hydrogen-bond donors (Lipinski definition) is 2. The summed E-state index contributed by atoms with van der Waals surface area (Å²) in [5.74, 6) is 0.793. The summed E-state index contributed by atoms with van der Waals surface area (Å²) in [5.41, 5.74) is 2.57. The molecule has 2 aromatic heterocycles. The van der Waals surface area contributed by atoms with Crippen LogP contribution in [0.4, 0.5) is 11.6 Å². The van der Waals surface area contributed by atoms with Crippen LogP contribution in [0.15, 0.2) is 59.6 Å². The van der Waals surface area contributed by atoms with Crippen LogP contribution >= 0.6 is 11.6 Å². The van der Waals surface area contributed by atoms with Crippen molar-refractivity contribution in [2.75, 3.05) is 29.3 Å². The molecule has 4 rings (SSSR count). The normalized spacial score (nSPS) is 15.6. The van der Waals surface area contributed by atoms with E-state index in [9.17, 15) is 13.5 Å². The van der Waals surface area contributed by atoms with Crippen molar-refractivity contribution in [1.29, 1.82) is 0 Å². The number of sulfonamides is 1. The molecule has 9 heteroatoms. The summed E-state index contributed by atoms with van der Waals surface area (Å²) in [7, 11) is -3.95. The standard InChI is InChI=1S/C24H27ClN4O3S/c25-20-13-14-21-26-24(20)19-10-2-1-8-18(19)9-3-4-15-29(16-5-6-17-30)22-11-7-12-23(27-22)33(31,32)28-21/h1-2,7-8,10-14,30H,3-6,9,15-17H2,(H,26,28). The Morgan fingerprint density at radius 3 is 2.70 bits per heavy atom. The van der Waals surface area contributed by atoms with Crippen molar-refractivity contribution in [1.82, 2.24) is 9.97 Å². The van der Waals surface area contributed by atoms with E-state index < -0.39 is 10.0 Å². The van der Waals surface area contributed by atoms with E-state index in [2.05, 4.69) is 25.7 Å². The van der Waals surface area contributed by atoms with Crippen LogP contribution in [0.25, 0.3) is 11.3 Å². The highest BCUT2D eigenvalue weighted by Gasteiger charge is 2.20. The second-order valence-electron chi connectivity index (χ2n) is 8.00. The number of hydrogen-bond acceptors (Lipinski definition) is 6. The maximum absolute atomic E-state index is 13.1. The first-order chi connectivity index (χ1) is 16.0. The Morgan fingerprint density at radius 1 is 1.00 bits per heavy atom. The number of unbranched alkanes of at least 4 members (excludes halogenated alkanes) is 1. The summed E-state index contributed by atoms with van der Waals surface area (Å²) in [4.78, 5) is 11.1. The number of nitrogens with one attached hydrogen (secondary N) is 1. The molecule has 0 radical (unpaired) electrons. The van der Waals surface area contributed by atoms with Crippen LogP contribution in [0.3, 0.4) is 0 Å². The fraction of sp³-hybridized carbons (Fsp3) is 0.333. The number of rotatable bonds is 4. The van der Waals surface area contributed by atoms with Gasteiger partial charge in [0.2, 0.25) is 0 Å². The molecule has 0 fully saturated rings. The van der Waals surface area contributed by atoms with Crippen LogP contribution in [0.1, 0.15) is 31.2 Å². The van der Waals surface area contributed by atoms with Gasteiger partial charge in [-0.2, -0.15) is 8.42 Å². The van der Waals surface area contributed by atoms with Gasteiger partial charge in [0.1, 0.15) is 11.6 Å². The fourth-order valence-electron chi connectivity index (χ4n) is 3.95. The minimum atomic E-state index is -3.95. The van der Waals surface area contributed by atoms with Gasteiger partial charge in [-0.1, -0.05) is 41.9 Å². The number of benzene rings is 1. The smallest absolute Gasteiger partial charge is 0.280 e. The summed E-state index contributed by atoms with van der Waals surface area (Å²) in [6, 6.07) is 16.1. The molecule has 0 amide bonds. The predicted octanol–water partition coefficient (Wildman–Crippen LogP) is 4.51. The maximum Gasteiger partial charge on any atom is 0.280 e. The first kappa shape index (κ1) is 23.5. The van der Waals surface area contributed by atoms with Crippen molar-refractivity contribution in [3.63, 3.8) is 0 Å². The van der Waals surface area contributed by atoms with E-state index in [4.69, 9.17) is 11.6 Å².